The number of hydrogen-bond donors (Lipinski definition) is 1. The van der Waals surface area contributed by atoms with Crippen molar-refractivity contribution in [2.75, 3.05) is 17.1 Å². The summed E-state index contributed by atoms with van der Waals surface area (Å²) in [5.41, 5.74) is 4.54. The van der Waals surface area contributed by atoms with Gasteiger partial charge in [-0.05, 0) is 69.2 Å². The SMILES string of the molecule is CC[C@@H](C(=O)NC1CCCCC1)N(Cc1cccc(C)c1)C(=O)CCCN(c1cc(C)ccc1C)S(C)(=O)=O. The van der Waals surface area contributed by atoms with Gasteiger partial charge in [0.15, 0.2) is 0 Å². The Hall–Kier alpha value is -2.87. The third-order valence-corrected chi connectivity index (χ3v) is 8.74. The van der Waals surface area contributed by atoms with E-state index in [-0.39, 0.29) is 30.8 Å². The summed E-state index contributed by atoms with van der Waals surface area (Å²) in [6.45, 7) is 8.29. The number of nitrogens with one attached hydrogen (secondary N) is 1. The van der Waals surface area contributed by atoms with Crippen molar-refractivity contribution in [2.45, 2.75) is 97.7 Å². The summed E-state index contributed by atoms with van der Waals surface area (Å²) >= 11 is 0. The molecule has 39 heavy (non-hydrogen) atoms. The second-order valence-corrected chi connectivity index (χ2v) is 12.9. The molecule has 0 heterocycles. The highest BCUT2D eigenvalue weighted by atomic mass is 32.2. The molecule has 2 aromatic rings. The van der Waals surface area contributed by atoms with Crippen LogP contribution in [0.25, 0.3) is 0 Å². The molecule has 0 unspecified atom stereocenters. The van der Waals surface area contributed by atoms with Crippen LogP contribution in [0.5, 0.6) is 0 Å². The van der Waals surface area contributed by atoms with Crippen LogP contribution in [-0.4, -0.2) is 50.0 Å². The third kappa shape index (κ3) is 8.82. The van der Waals surface area contributed by atoms with Gasteiger partial charge in [0.1, 0.15) is 6.04 Å². The van der Waals surface area contributed by atoms with Crippen LogP contribution in [-0.2, 0) is 26.2 Å². The van der Waals surface area contributed by atoms with Gasteiger partial charge in [-0.15, -0.1) is 0 Å². The van der Waals surface area contributed by atoms with Crippen molar-refractivity contribution in [3.8, 4) is 0 Å². The van der Waals surface area contributed by atoms with Crippen LogP contribution in [0.1, 0.15) is 80.5 Å². The van der Waals surface area contributed by atoms with Crippen LogP contribution in [0.15, 0.2) is 42.5 Å². The van der Waals surface area contributed by atoms with Gasteiger partial charge in [0, 0.05) is 25.6 Å². The van der Waals surface area contributed by atoms with Crippen LogP contribution in [0, 0.1) is 20.8 Å². The van der Waals surface area contributed by atoms with E-state index in [4.69, 9.17) is 0 Å². The first-order valence-electron chi connectivity index (χ1n) is 14.2. The molecule has 0 aliphatic heterocycles. The molecule has 1 saturated carbocycles. The van der Waals surface area contributed by atoms with Crippen molar-refractivity contribution in [3.05, 3.63) is 64.7 Å². The van der Waals surface area contributed by atoms with Gasteiger partial charge >= 0.3 is 0 Å². The molecule has 3 rings (SSSR count). The van der Waals surface area contributed by atoms with Gasteiger partial charge in [0.25, 0.3) is 0 Å². The lowest BCUT2D eigenvalue weighted by Gasteiger charge is -2.33. The van der Waals surface area contributed by atoms with Crippen LogP contribution in [0.4, 0.5) is 5.69 Å². The number of carbonyl (C=O) groups is 2. The molecule has 1 fully saturated rings. The maximum atomic E-state index is 13.7. The Balaban J connectivity index is 1.78. The lowest BCUT2D eigenvalue weighted by molar-refractivity contribution is -0.141. The number of hydrogen-bond acceptors (Lipinski definition) is 4. The minimum absolute atomic E-state index is 0.0986. The van der Waals surface area contributed by atoms with Crippen molar-refractivity contribution >= 4 is 27.5 Å². The van der Waals surface area contributed by atoms with Gasteiger partial charge in [-0.25, -0.2) is 8.42 Å². The zero-order valence-corrected chi connectivity index (χ0v) is 25.0. The third-order valence-electron chi connectivity index (χ3n) is 7.56. The second-order valence-electron chi connectivity index (χ2n) is 11.0. The van der Waals surface area contributed by atoms with E-state index in [0.717, 1.165) is 47.9 Å². The fourth-order valence-corrected chi connectivity index (χ4v) is 6.46. The molecule has 1 atom stereocenters. The van der Waals surface area contributed by atoms with Crippen molar-refractivity contribution in [3.63, 3.8) is 0 Å². The van der Waals surface area contributed by atoms with E-state index in [1.54, 1.807) is 4.90 Å². The molecule has 1 N–H and O–H groups in total. The van der Waals surface area contributed by atoms with Crippen molar-refractivity contribution in [1.82, 2.24) is 10.2 Å². The minimum Gasteiger partial charge on any atom is -0.352 e. The van der Waals surface area contributed by atoms with E-state index in [2.05, 4.69) is 5.32 Å². The van der Waals surface area contributed by atoms with E-state index in [1.165, 1.54) is 17.0 Å². The molecule has 0 saturated heterocycles. The Kier molecular flexibility index (Phi) is 11.0. The van der Waals surface area contributed by atoms with Crippen molar-refractivity contribution in [1.29, 1.82) is 0 Å². The Morgan fingerprint density at radius 1 is 1.00 bits per heavy atom. The van der Waals surface area contributed by atoms with E-state index >= 15 is 0 Å². The molecule has 0 radical (unpaired) electrons. The zero-order chi connectivity index (χ0) is 28.6. The predicted octanol–water partition coefficient (Wildman–Crippen LogP) is 5.41. The monoisotopic (exact) mass is 555 g/mol. The number of sulfonamides is 1. The minimum atomic E-state index is -3.54. The van der Waals surface area contributed by atoms with Gasteiger partial charge < -0.3 is 10.2 Å². The van der Waals surface area contributed by atoms with E-state index in [1.807, 2.05) is 70.2 Å². The average molecular weight is 556 g/mol. The normalized spacial score (nSPS) is 15.0. The fourth-order valence-electron chi connectivity index (χ4n) is 5.44. The summed E-state index contributed by atoms with van der Waals surface area (Å²) in [5.74, 6) is -0.241. The Morgan fingerprint density at radius 2 is 1.69 bits per heavy atom. The summed E-state index contributed by atoms with van der Waals surface area (Å²) in [6, 6.07) is 13.3. The summed E-state index contributed by atoms with van der Waals surface area (Å²) in [5, 5.41) is 3.21. The van der Waals surface area contributed by atoms with Crippen molar-refractivity contribution < 1.29 is 18.0 Å². The zero-order valence-electron chi connectivity index (χ0n) is 24.2. The lowest BCUT2D eigenvalue weighted by Crippen LogP contribution is -2.51. The number of amides is 2. The topological polar surface area (TPSA) is 86.8 Å². The number of carbonyl (C=O) groups excluding carboxylic acids is 2. The van der Waals surface area contributed by atoms with Crippen LogP contribution < -0.4 is 9.62 Å². The van der Waals surface area contributed by atoms with E-state index < -0.39 is 16.1 Å². The van der Waals surface area contributed by atoms with Gasteiger partial charge in [-0.1, -0.05) is 68.1 Å². The summed E-state index contributed by atoms with van der Waals surface area (Å²) < 4.78 is 26.8. The number of aryl methyl sites for hydroxylation is 3. The molecule has 214 valence electrons. The van der Waals surface area contributed by atoms with Crippen molar-refractivity contribution in [2.24, 2.45) is 0 Å². The predicted molar refractivity (Wildman–Crippen MR) is 158 cm³/mol. The van der Waals surface area contributed by atoms with Gasteiger partial charge in [0.2, 0.25) is 21.8 Å². The molecule has 7 nitrogen and oxygen atoms in total. The Labute approximate surface area is 235 Å². The maximum Gasteiger partial charge on any atom is 0.243 e. The number of benzene rings is 2. The fraction of sp³-hybridized carbons (Fsp3) is 0.548. The molecule has 1 aliphatic carbocycles. The smallest absolute Gasteiger partial charge is 0.243 e. The van der Waals surface area contributed by atoms with E-state index in [9.17, 15) is 18.0 Å². The highest BCUT2D eigenvalue weighted by Gasteiger charge is 2.30. The number of rotatable bonds is 12. The summed E-state index contributed by atoms with van der Waals surface area (Å²) in [7, 11) is -3.54. The molecule has 2 amide bonds. The summed E-state index contributed by atoms with van der Waals surface area (Å²) in [4.78, 5) is 28.8. The van der Waals surface area contributed by atoms with E-state index in [0.29, 0.717) is 25.1 Å². The lowest BCUT2D eigenvalue weighted by atomic mass is 9.95. The van der Waals surface area contributed by atoms with Gasteiger partial charge in [-0.3, -0.25) is 13.9 Å². The summed E-state index contributed by atoms with van der Waals surface area (Å²) in [6.07, 6.45) is 7.60. The molecular weight excluding hydrogens is 510 g/mol. The molecule has 8 heteroatoms. The quantitative estimate of drug-likeness (QED) is 0.379. The first-order valence-corrected chi connectivity index (χ1v) is 16.0. The maximum absolute atomic E-state index is 13.7. The molecule has 0 aromatic heterocycles. The number of anilines is 1. The van der Waals surface area contributed by atoms with Gasteiger partial charge in [0.05, 0.1) is 11.9 Å². The average Bonchev–Trinajstić information content (AvgIpc) is 2.88. The Bertz CT molecular complexity index is 1240. The largest absolute Gasteiger partial charge is 0.352 e. The standard InChI is InChI=1S/C31H45N3O4S/c1-6-28(31(36)32-27-14-8-7-9-15-27)33(22-26-13-10-12-23(2)20-26)30(35)16-11-19-34(39(5,37)38)29-21-24(3)17-18-25(29)4/h10,12-13,17-18,20-21,27-28H,6-9,11,14-16,19,22H2,1-5H3,(H,32,36)/t28-/m0/s1. The first kappa shape index (κ1) is 30.7. The molecule has 2 aromatic carbocycles. The number of nitrogens with zero attached hydrogens (tertiary/aromatic N) is 2. The van der Waals surface area contributed by atoms with Crippen LogP contribution >= 0.6 is 0 Å². The van der Waals surface area contributed by atoms with Crippen LogP contribution in [0.2, 0.25) is 0 Å². The molecule has 0 bridgehead atoms. The highest BCUT2D eigenvalue weighted by Crippen LogP contribution is 2.25. The molecular formula is C31H45N3O4S. The molecule has 0 spiro atoms. The first-order chi connectivity index (χ1) is 18.5. The molecule has 1 aliphatic rings. The highest BCUT2D eigenvalue weighted by molar-refractivity contribution is 7.92. The van der Waals surface area contributed by atoms with Gasteiger partial charge in [-0.2, -0.15) is 0 Å². The Morgan fingerprint density at radius 3 is 2.33 bits per heavy atom. The second kappa shape index (κ2) is 14.0. The van der Waals surface area contributed by atoms with Crippen LogP contribution in [0.3, 0.4) is 0 Å².